The van der Waals surface area contributed by atoms with Crippen LogP contribution in [-0.2, 0) is 0 Å². The lowest BCUT2D eigenvalue weighted by atomic mass is 10.1. The van der Waals surface area contributed by atoms with E-state index in [2.05, 4.69) is 17.1 Å². The molecule has 3 nitrogen and oxygen atoms in total. The molecule has 0 unspecified atom stereocenters. The Hall–Kier alpha value is -1.13. The highest BCUT2D eigenvalue weighted by Crippen LogP contribution is 2.26. The topological polar surface area (TPSA) is 24.5 Å². The van der Waals surface area contributed by atoms with Crippen LogP contribution in [0.1, 0.15) is 18.5 Å². The van der Waals surface area contributed by atoms with Gasteiger partial charge in [0, 0.05) is 43.9 Å². The van der Waals surface area contributed by atoms with Crippen molar-refractivity contribution in [1.29, 1.82) is 0 Å². The molecule has 1 fully saturated rings. The second kappa shape index (κ2) is 5.47. The van der Waals surface area contributed by atoms with Crippen LogP contribution in [0.25, 0.3) is 0 Å². The van der Waals surface area contributed by atoms with Crippen molar-refractivity contribution in [2.75, 3.05) is 33.3 Å². The third-order valence-corrected chi connectivity index (χ3v) is 3.36. The Morgan fingerprint density at radius 1 is 1.35 bits per heavy atom. The zero-order chi connectivity index (χ0) is 12.3. The maximum absolute atomic E-state index is 13.9. The zero-order valence-corrected chi connectivity index (χ0v) is 10.4. The molecule has 1 heterocycles. The molecule has 1 aromatic carbocycles. The van der Waals surface area contributed by atoms with Gasteiger partial charge in [-0.25, -0.2) is 4.39 Å². The van der Waals surface area contributed by atoms with E-state index in [0.29, 0.717) is 5.75 Å². The normalized spacial score (nSPS) is 19.0. The molecule has 0 radical (unpaired) electrons. The van der Waals surface area contributed by atoms with E-state index in [0.717, 1.165) is 31.7 Å². The van der Waals surface area contributed by atoms with E-state index in [4.69, 9.17) is 4.74 Å². The number of halogens is 1. The number of ether oxygens (including phenoxy) is 1. The van der Waals surface area contributed by atoms with Crippen molar-refractivity contribution >= 4 is 0 Å². The predicted molar refractivity (Wildman–Crippen MR) is 65.8 cm³/mol. The van der Waals surface area contributed by atoms with Crippen molar-refractivity contribution in [3.05, 3.63) is 29.6 Å². The highest BCUT2D eigenvalue weighted by molar-refractivity contribution is 5.30. The van der Waals surface area contributed by atoms with Gasteiger partial charge in [-0.05, 0) is 13.0 Å². The summed E-state index contributed by atoms with van der Waals surface area (Å²) in [5.41, 5.74) is 0.743. The molecule has 1 saturated heterocycles. The number of nitrogens with one attached hydrogen (secondary N) is 1. The second-order valence-corrected chi connectivity index (χ2v) is 4.35. The van der Waals surface area contributed by atoms with Crippen molar-refractivity contribution in [2.45, 2.75) is 13.0 Å². The lowest BCUT2D eigenvalue weighted by Gasteiger charge is -2.33. The van der Waals surface area contributed by atoms with Crippen LogP contribution in [0.2, 0.25) is 0 Å². The van der Waals surface area contributed by atoms with E-state index < -0.39 is 0 Å². The molecule has 1 aliphatic rings. The lowest BCUT2D eigenvalue weighted by molar-refractivity contribution is 0.182. The second-order valence-electron chi connectivity index (χ2n) is 4.35. The Labute approximate surface area is 102 Å². The summed E-state index contributed by atoms with van der Waals surface area (Å²) >= 11 is 0. The van der Waals surface area contributed by atoms with Crippen LogP contribution in [0.5, 0.6) is 5.75 Å². The van der Waals surface area contributed by atoms with Crippen molar-refractivity contribution in [1.82, 2.24) is 10.2 Å². The van der Waals surface area contributed by atoms with Crippen LogP contribution < -0.4 is 10.1 Å². The summed E-state index contributed by atoms with van der Waals surface area (Å²) in [5, 5.41) is 3.30. The molecule has 0 spiro atoms. The highest BCUT2D eigenvalue weighted by Gasteiger charge is 2.20. The van der Waals surface area contributed by atoms with Gasteiger partial charge in [0.1, 0.15) is 11.6 Å². The maximum atomic E-state index is 13.9. The minimum absolute atomic E-state index is 0.114. The van der Waals surface area contributed by atoms with Gasteiger partial charge in [-0.1, -0.05) is 6.07 Å². The Morgan fingerprint density at radius 3 is 2.65 bits per heavy atom. The molecule has 17 heavy (non-hydrogen) atoms. The molecule has 1 N–H and O–H groups in total. The van der Waals surface area contributed by atoms with Gasteiger partial charge in [0.15, 0.2) is 0 Å². The maximum Gasteiger partial charge on any atom is 0.131 e. The van der Waals surface area contributed by atoms with E-state index in [1.54, 1.807) is 7.11 Å². The van der Waals surface area contributed by atoms with Gasteiger partial charge in [0.05, 0.1) is 7.11 Å². The molecule has 0 saturated carbocycles. The Bertz CT molecular complexity index is 378. The van der Waals surface area contributed by atoms with Gasteiger partial charge in [0.25, 0.3) is 0 Å². The van der Waals surface area contributed by atoms with Crippen LogP contribution in [0.4, 0.5) is 4.39 Å². The first-order valence-corrected chi connectivity index (χ1v) is 6.00. The molecule has 0 aliphatic carbocycles. The summed E-state index contributed by atoms with van der Waals surface area (Å²) in [5.74, 6) is 0.383. The number of nitrogens with zero attached hydrogens (tertiary/aromatic N) is 1. The Balaban J connectivity index is 2.15. The quantitative estimate of drug-likeness (QED) is 0.869. The van der Waals surface area contributed by atoms with Crippen molar-refractivity contribution < 1.29 is 9.13 Å². The van der Waals surface area contributed by atoms with Crippen molar-refractivity contribution in [3.63, 3.8) is 0 Å². The largest absolute Gasteiger partial charge is 0.497 e. The third kappa shape index (κ3) is 2.76. The standard InChI is InChI=1S/C13H19FN2O/c1-10(16-7-5-15-6-8-16)12-4-3-11(17-2)9-13(12)14/h3-4,9-10,15H,5-8H2,1-2H3/t10-/m1/s1. The summed E-state index contributed by atoms with van der Waals surface area (Å²) < 4.78 is 18.9. The molecule has 1 atom stereocenters. The molecule has 1 aromatic rings. The fourth-order valence-corrected chi connectivity index (χ4v) is 2.24. The first kappa shape index (κ1) is 12.3. The molecular weight excluding hydrogens is 219 g/mol. The van der Waals surface area contributed by atoms with Gasteiger partial charge >= 0.3 is 0 Å². The van der Waals surface area contributed by atoms with Crippen molar-refractivity contribution in [2.24, 2.45) is 0 Å². The molecular formula is C13H19FN2O. The average molecular weight is 238 g/mol. The summed E-state index contributed by atoms with van der Waals surface area (Å²) in [6.07, 6.45) is 0. The summed E-state index contributed by atoms with van der Waals surface area (Å²) in [7, 11) is 1.55. The third-order valence-electron chi connectivity index (χ3n) is 3.36. The highest BCUT2D eigenvalue weighted by atomic mass is 19.1. The Morgan fingerprint density at radius 2 is 2.06 bits per heavy atom. The molecule has 0 aromatic heterocycles. The van der Waals surface area contributed by atoms with Crippen LogP contribution in [-0.4, -0.2) is 38.2 Å². The van der Waals surface area contributed by atoms with Gasteiger partial charge < -0.3 is 10.1 Å². The number of rotatable bonds is 3. The summed E-state index contributed by atoms with van der Waals surface area (Å²) in [4.78, 5) is 2.29. The minimum atomic E-state index is -0.185. The molecule has 2 rings (SSSR count). The van der Waals surface area contributed by atoms with E-state index >= 15 is 0 Å². The lowest BCUT2D eigenvalue weighted by Crippen LogP contribution is -2.44. The molecule has 94 valence electrons. The van der Waals surface area contributed by atoms with Crippen LogP contribution >= 0.6 is 0 Å². The predicted octanol–water partition coefficient (Wildman–Crippen LogP) is 1.80. The average Bonchev–Trinajstić information content (AvgIpc) is 2.39. The number of piperazine rings is 1. The van der Waals surface area contributed by atoms with E-state index in [9.17, 15) is 4.39 Å². The van der Waals surface area contributed by atoms with E-state index in [-0.39, 0.29) is 11.9 Å². The van der Waals surface area contributed by atoms with E-state index in [1.807, 2.05) is 12.1 Å². The smallest absolute Gasteiger partial charge is 0.131 e. The fourth-order valence-electron chi connectivity index (χ4n) is 2.24. The molecule has 1 aliphatic heterocycles. The van der Waals surface area contributed by atoms with Crippen LogP contribution in [0, 0.1) is 5.82 Å². The first-order chi connectivity index (χ1) is 8.22. The van der Waals surface area contributed by atoms with Gasteiger partial charge in [0.2, 0.25) is 0 Å². The number of hydrogen-bond donors (Lipinski definition) is 1. The van der Waals surface area contributed by atoms with Gasteiger partial charge in [-0.15, -0.1) is 0 Å². The zero-order valence-electron chi connectivity index (χ0n) is 10.4. The molecule has 0 amide bonds. The summed E-state index contributed by atoms with van der Waals surface area (Å²) in [6.45, 7) is 5.93. The SMILES string of the molecule is COc1ccc([C@@H](C)N2CCNCC2)c(F)c1. The fraction of sp³-hybridized carbons (Fsp3) is 0.538. The number of benzene rings is 1. The monoisotopic (exact) mass is 238 g/mol. The van der Waals surface area contributed by atoms with E-state index in [1.165, 1.54) is 6.07 Å². The van der Waals surface area contributed by atoms with Crippen LogP contribution in [0.3, 0.4) is 0 Å². The van der Waals surface area contributed by atoms with Crippen molar-refractivity contribution in [3.8, 4) is 5.75 Å². The van der Waals surface area contributed by atoms with Gasteiger partial charge in [-0.2, -0.15) is 0 Å². The number of hydrogen-bond acceptors (Lipinski definition) is 3. The van der Waals surface area contributed by atoms with Gasteiger partial charge in [-0.3, -0.25) is 4.90 Å². The minimum Gasteiger partial charge on any atom is -0.497 e. The van der Waals surface area contributed by atoms with Crippen LogP contribution in [0.15, 0.2) is 18.2 Å². The number of methoxy groups -OCH3 is 1. The molecule has 4 heteroatoms. The molecule has 0 bridgehead atoms. The summed E-state index contributed by atoms with van der Waals surface area (Å²) in [6, 6.07) is 5.20. The first-order valence-electron chi connectivity index (χ1n) is 6.00. The Kier molecular flexibility index (Phi) is 3.97.